The van der Waals surface area contributed by atoms with E-state index >= 15 is 0 Å². The van der Waals surface area contributed by atoms with Crippen molar-refractivity contribution in [1.29, 1.82) is 0 Å². The summed E-state index contributed by atoms with van der Waals surface area (Å²) in [5.74, 6) is -0.578. The second-order valence-corrected chi connectivity index (χ2v) is 6.91. The molecule has 1 amide bonds. The summed E-state index contributed by atoms with van der Waals surface area (Å²) in [5.41, 5.74) is 1.08. The zero-order valence-electron chi connectivity index (χ0n) is 16.6. The lowest BCUT2D eigenvalue weighted by Crippen LogP contribution is -2.29. The van der Waals surface area contributed by atoms with Crippen LogP contribution in [0, 0.1) is 0 Å². The Morgan fingerprint density at radius 2 is 1.90 bits per heavy atom. The number of rotatable bonds is 7. The van der Waals surface area contributed by atoms with E-state index in [1.807, 2.05) is 0 Å². The monoisotopic (exact) mass is 416 g/mol. The molecule has 0 spiro atoms. The molecule has 3 heterocycles. The van der Waals surface area contributed by atoms with Gasteiger partial charge in [-0.1, -0.05) is 12.7 Å². The number of amides is 1. The van der Waals surface area contributed by atoms with E-state index in [1.54, 1.807) is 67.0 Å². The van der Waals surface area contributed by atoms with E-state index in [9.17, 15) is 14.7 Å². The van der Waals surface area contributed by atoms with Gasteiger partial charge in [-0.25, -0.2) is 0 Å². The highest BCUT2D eigenvalue weighted by atomic mass is 16.5. The van der Waals surface area contributed by atoms with Crippen molar-refractivity contribution in [3.8, 4) is 5.75 Å². The van der Waals surface area contributed by atoms with Crippen molar-refractivity contribution in [3.05, 3.63) is 102 Å². The van der Waals surface area contributed by atoms with Crippen molar-refractivity contribution in [2.75, 3.05) is 6.61 Å². The predicted octanol–water partition coefficient (Wildman–Crippen LogP) is 3.86. The summed E-state index contributed by atoms with van der Waals surface area (Å²) < 4.78 is 10.8. The first-order chi connectivity index (χ1) is 15.1. The summed E-state index contributed by atoms with van der Waals surface area (Å²) in [5, 5.41) is 11.0. The Bertz CT molecular complexity index is 1120. The average molecular weight is 416 g/mol. The molecule has 0 bridgehead atoms. The van der Waals surface area contributed by atoms with Gasteiger partial charge >= 0.3 is 0 Å². The zero-order valence-corrected chi connectivity index (χ0v) is 16.6. The number of furan rings is 1. The molecule has 0 saturated carbocycles. The van der Waals surface area contributed by atoms with Crippen LogP contribution in [0.3, 0.4) is 0 Å². The molecule has 1 atom stereocenters. The van der Waals surface area contributed by atoms with Crippen LogP contribution in [0.4, 0.5) is 0 Å². The van der Waals surface area contributed by atoms with E-state index in [2.05, 4.69) is 11.6 Å². The van der Waals surface area contributed by atoms with Crippen molar-refractivity contribution >= 4 is 17.4 Å². The number of ketones is 1. The van der Waals surface area contributed by atoms with Gasteiger partial charge in [0.15, 0.2) is 0 Å². The number of carbonyl (C=O) groups excluding carboxylic acids is 2. The number of hydrogen-bond acceptors (Lipinski definition) is 6. The molecule has 2 aromatic heterocycles. The SMILES string of the molecule is C=CCOc1ccc(C(O)=C2C(=O)C(=O)N(Cc3ccco3)[C@@H]2c2ccncc2)cc1. The van der Waals surface area contributed by atoms with Crippen LogP contribution in [0.25, 0.3) is 5.76 Å². The van der Waals surface area contributed by atoms with Gasteiger partial charge in [0.2, 0.25) is 0 Å². The van der Waals surface area contributed by atoms with Gasteiger partial charge in [0.25, 0.3) is 11.7 Å². The first kappa shape index (κ1) is 20.2. The van der Waals surface area contributed by atoms with Crippen molar-refractivity contribution in [1.82, 2.24) is 9.88 Å². The normalized spacial score (nSPS) is 17.7. The summed E-state index contributed by atoms with van der Waals surface area (Å²) >= 11 is 0. The Kier molecular flexibility index (Phi) is 5.66. The fraction of sp³-hybridized carbons (Fsp3) is 0.125. The molecule has 4 rings (SSSR count). The van der Waals surface area contributed by atoms with E-state index in [-0.39, 0.29) is 17.9 Å². The van der Waals surface area contributed by atoms with Gasteiger partial charge in [0.05, 0.1) is 24.4 Å². The van der Waals surface area contributed by atoms with Gasteiger partial charge in [0, 0.05) is 18.0 Å². The van der Waals surface area contributed by atoms with Gasteiger partial charge in [0.1, 0.15) is 23.9 Å². The number of ether oxygens (including phenoxy) is 1. The molecule has 1 aliphatic rings. The standard InChI is InChI=1S/C24H20N2O5/c1-2-13-30-18-7-5-17(6-8-18)22(27)20-21(16-9-11-25-12-10-16)26(24(29)23(20)28)15-19-4-3-14-31-19/h2-12,14,21,27H,1,13,15H2/t21-/m1/s1. The highest BCUT2D eigenvalue weighted by molar-refractivity contribution is 6.46. The third kappa shape index (κ3) is 3.98. The molecule has 1 aromatic carbocycles. The molecule has 0 aliphatic carbocycles. The minimum absolute atomic E-state index is 0.0162. The lowest BCUT2D eigenvalue weighted by atomic mass is 9.96. The highest BCUT2D eigenvalue weighted by Crippen LogP contribution is 2.40. The maximum atomic E-state index is 13.0. The van der Waals surface area contributed by atoms with Gasteiger partial charge in [-0.05, 0) is 54.1 Å². The maximum Gasteiger partial charge on any atom is 0.296 e. The largest absolute Gasteiger partial charge is 0.507 e. The van der Waals surface area contributed by atoms with Crippen LogP contribution in [-0.2, 0) is 16.1 Å². The van der Waals surface area contributed by atoms with E-state index in [4.69, 9.17) is 9.15 Å². The van der Waals surface area contributed by atoms with E-state index in [0.29, 0.717) is 29.2 Å². The number of pyridine rings is 1. The molecule has 1 saturated heterocycles. The molecule has 1 fully saturated rings. The number of hydrogen-bond donors (Lipinski definition) is 1. The summed E-state index contributed by atoms with van der Waals surface area (Å²) in [6.45, 7) is 4.05. The number of aliphatic hydroxyl groups excluding tert-OH is 1. The number of Topliss-reactive ketones (excluding diaryl/α,β-unsaturated/α-hetero) is 1. The van der Waals surface area contributed by atoms with Gasteiger partial charge in [-0.3, -0.25) is 14.6 Å². The molecule has 0 radical (unpaired) electrons. The molecule has 1 aliphatic heterocycles. The van der Waals surface area contributed by atoms with Crippen molar-refractivity contribution < 1.29 is 23.8 Å². The first-order valence-electron chi connectivity index (χ1n) is 9.65. The molecule has 1 N–H and O–H groups in total. The molecular formula is C24H20N2O5. The molecule has 31 heavy (non-hydrogen) atoms. The van der Waals surface area contributed by atoms with E-state index < -0.39 is 17.7 Å². The number of benzene rings is 1. The van der Waals surface area contributed by atoms with Crippen LogP contribution >= 0.6 is 0 Å². The van der Waals surface area contributed by atoms with Gasteiger partial charge < -0.3 is 19.2 Å². The van der Waals surface area contributed by atoms with Crippen LogP contribution < -0.4 is 4.74 Å². The predicted molar refractivity (Wildman–Crippen MR) is 113 cm³/mol. The van der Waals surface area contributed by atoms with Crippen LogP contribution in [0.15, 0.2) is 89.8 Å². The summed E-state index contributed by atoms with van der Waals surface area (Å²) in [6.07, 6.45) is 6.29. The van der Waals surface area contributed by atoms with Crippen LogP contribution in [0.2, 0.25) is 0 Å². The van der Waals surface area contributed by atoms with Crippen LogP contribution in [0.5, 0.6) is 5.75 Å². The smallest absolute Gasteiger partial charge is 0.296 e. The van der Waals surface area contributed by atoms with Gasteiger partial charge in [-0.15, -0.1) is 0 Å². The lowest BCUT2D eigenvalue weighted by Gasteiger charge is -2.24. The second-order valence-electron chi connectivity index (χ2n) is 6.91. The first-order valence-corrected chi connectivity index (χ1v) is 9.65. The fourth-order valence-electron chi connectivity index (χ4n) is 3.53. The van der Waals surface area contributed by atoms with Crippen molar-refractivity contribution in [2.24, 2.45) is 0 Å². The molecule has 7 heteroatoms. The van der Waals surface area contributed by atoms with Gasteiger partial charge in [-0.2, -0.15) is 0 Å². The minimum atomic E-state index is -0.773. The Hall–Kier alpha value is -4.13. The number of carbonyl (C=O) groups is 2. The third-order valence-electron chi connectivity index (χ3n) is 4.96. The van der Waals surface area contributed by atoms with E-state index in [1.165, 1.54) is 11.2 Å². The van der Waals surface area contributed by atoms with E-state index in [0.717, 1.165) is 0 Å². The summed E-state index contributed by atoms with van der Waals surface area (Å²) in [6, 6.07) is 12.7. The Morgan fingerprint density at radius 1 is 1.16 bits per heavy atom. The molecule has 3 aromatic rings. The minimum Gasteiger partial charge on any atom is -0.507 e. The molecular weight excluding hydrogens is 396 g/mol. The van der Waals surface area contributed by atoms with Crippen LogP contribution in [-0.4, -0.2) is 33.3 Å². The maximum absolute atomic E-state index is 13.0. The summed E-state index contributed by atoms with van der Waals surface area (Å²) in [7, 11) is 0. The average Bonchev–Trinajstić information content (AvgIpc) is 3.40. The Labute approximate surface area is 178 Å². The Morgan fingerprint density at radius 3 is 2.55 bits per heavy atom. The molecule has 156 valence electrons. The molecule has 0 unspecified atom stereocenters. The zero-order chi connectivity index (χ0) is 21.8. The number of aromatic nitrogens is 1. The third-order valence-corrected chi connectivity index (χ3v) is 4.96. The van der Waals surface area contributed by atoms with Crippen LogP contribution in [0.1, 0.15) is 22.9 Å². The van der Waals surface area contributed by atoms with Crippen molar-refractivity contribution in [2.45, 2.75) is 12.6 Å². The quantitative estimate of drug-likeness (QED) is 0.272. The number of likely N-dealkylation sites (tertiary alicyclic amines) is 1. The van der Waals surface area contributed by atoms with Crippen molar-refractivity contribution in [3.63, 3.8) is 0 Å². The second kappa shape index (κ2) is 8.71. The molecule has 7 nitrogen and oxygen atoms in total. The Balaban J connectivity index is 1.77. The fourth-order valence-corrected chi connectivity index (χ4v) is 3.53. The number of aliphatic hydroxyl groups is 1. The summed E-state index contributed by atoms with van der Waals surface area (Å²) in [4.78, 5) is 31.2. The lowest BCUT2D eigenvalue weighted by molar-refractivity contribution is -0.140. The topological polar surface area (TPSA) is 92.9 Å². The highest BCUT2D eigenvalue weighted by Gasteiger charge is 2.46. The number of nitrogens with zero attached hydrogens (tertiary/aromatic N) is 2.